The zero-order valence-corrected chi connectivity index (χ0v) is 10.8. The normalized spacial score (nSPS) is 20.7. The third-order valence-electron chi connectivity index (χ3n) is 3.45. The zero-order valence-electron chi connectivity index (χ0n) is 10.8. The van der Waals surface area contributed by atoms with Gasteiger partial charge in [-0.3, -0.25) is 4.90 Å². The minimum atomic E-state index is 0.672. The Morgan fingerprint density at radius 3 is 2.94 bits per heavy atom. The summed E-state index contributed by atoms with van der Waals surface area (Å²) in [6.45, 7) is 7.13. The summed E-state index contributed by atoms with van der Waals surface area (Å²) in [4.78, 5) is 2.50. The maximum Gasteiger partial charge on any atom is 0.123 e. The lowest BCUT2D eigenvalue weighted by molar-refractivity contribution is 0.252. The Balaban J connectivity index is 2.15. The molecule has 1 heterocycles. The summed E-state index contributed by atoms with van der Waals surface area (Å²) in [7, 11) is 0. The first-order valence-corrected chi connectivity index (χ1v) is 6.46. The lowest BCUT2D eigenvalue weighted by Gasteiger charge is -2.22. The standard InChI is InChI=1S/C14H22N2O/c1-3-17-14-7-6-13(15)9-12(14)10-16-8-4-5-11(16)2/h6-7,9,11H,3-5,8,10,15H2,1-2H3. The molecule has 0 radical (unpaired) electrons. The van der Waals surface area contributed by atoms with E-state index in [9.17, 15) is 0 Å². The van der Waals surface area contributed by atoms with Gasteiger partial charge in [-0.1, -0.05) is 0 Å². The van der Waals surface area contributed by atoms with Gasteiger partial charge in [0.1, 0.15) is 5.75 Å². The fraction of sp³-hybridized carbons (Fsp3) is 0.571. The first-order chi connectivity index (χ1) is 8.20. The van der Waals surface area contributed by atoms with Crippen LogP contribution in [-0.4, -0.2) is 24.1 Å². The third-order valence-corrected chi connectivity index (χ3v) is 3.45. The molecule has 94 valence electrons. The van der Waals surface area contributed by atoms with E-state index in [2.05, 4.69) is 11.8 Å². The van der Waals surface area contributed by atoms with Crippen LogP contribution in [0.15, 0.2) is 18.2 Å². The first-order valence-electron chi connectivity index (χ1n) is 6.46. The Labute approximate surface area is 104 Å². The second-order valence-corrected chi connectivity index (χ2v) is 4.76. The van der Waals surface area contributed by atoms with Crippen molar-refractivity contribution < 1.29 is 4.74 Å². The highest BCUT2D eigenvalue weighted by Crippen LogP contribution is 2.26. The molecule has 1 atom stereocenters. The second kappa shape index (κ2) is 5.41. The van der Waals surface area contributed by atoms with E-state index in [1.807, 2.05) is 25.1 Å². The molecule has 0 spiro atoms. The SMILES string of the molecule is CCOc1ccc(N)cc1CN1CCCC1C. The number of rotatable bonds is 4. The summed E-state index contributed by atoms with van der Waals surface area (Å²) in [5.74, 6) is 0.973. The maximum absolute atomic E-state index is 5.86. The number of likely N-dealkylation sites (tertiary alicyclic amines) is 1. The van der Waals surface area contributed by atoms with Gasteiger partial charge in [-0.15, -0.1) is 0 Å². The quantitative estimate of drug-likeness (QED) is 0.814. The lowest BCUT2D eigenvalue weighted by Crippen LogP contribution is -2.26. The van der Waals surface area contributed by atoms with E-state index in [1.54, 1.807) is 0 Å². The predicted octanol–water partition coefficient (Wildman–Crippen LogP) is 2.65. The Morgan fingerprint density at radius 1 is 1.47 bits per heavy atom. The van der Waals surface area contributed by atoms with Gasteiger partial charge in [0.15, 0.2) is 0 Å². The van der Waals surface area contributed by atoms with Crippen molar-refractivity contribution in [3.05, 3.63) is 23.8 Å². The van der Waals surface area contributed by atoms with Gasteiger partial charge in [0.2, 0.25) is 0 Å². The number of hydrogen-bond donors (Lipinski definition) is 1. The second-order valence-electron chi connectivity index (χ2n) is 4.76. The van der Waals surface area contributed by atoms with Crippen LogP contribution in [0.1, 0.15) is 32.3 Å². The molecule has 1 fully saturated rings. The van der Waals surface area contributed by atoms with Crippen molar-refractivity contribution in [3.8, 4) is 5.75 Å². The topological polar surface area (TPSA) is 38.5 Å². The number of nitrogen functional groups attached to an aromatic ring is 1. The molecule has 1 aromatic rings. The van der Waals surface area contributed by atoms with E-state index in [0.717, 1.165) is 18.0 Å². The van der Waals surface area contributed by atoms with Gasteiger partial charge in [-0.25, -0.2) is 0 Å². The van der Waals surface area contributed by atoms with E-state index in [0.29, 0.717) is 12.6 Å². The van der Waals surface area contributed by atoms with Crippen LogP contribution in [0, 0.1) is 0 Å². The zero-order chi connectivity index (χ0) is 12.3. The van der Waals surface area contributed by atoms with Crippen LogP contribution >= 0.6 is 0 Å². The van der Waals surface area contributed by atoms with E-state index in [1.165, 1.54) is 24.9 Å². The first kappa shape index (κ1) is 12.2. The maximum atomic E-state index is 5.86. The summed E-state index contributed by atoms with van der Waals surface area (Å²) in [5.41, 5.74) is 7.88. The Kier molecular flexibility index (Phi) is 3.89. The van der Waals surface area contributed by atoms with Crippen LogP contribution < -0.4 is 10.5 Å². The van der Waals surface area contributed by atoms with Crippen molar-refractivity contribution in [1.29, 1.82) is 0 Å². The minimum absolute atomic E-state index is 0.672. The molecule has 17 heavy (non-hydrogen) atoms. The number of hydrogen-bond acceptors (Lipinski definition) is 3. The molecule has 0 amide bonds. The van der Waals surface area contributed by atoms with Crippen LogP contribution in [0.3, 0.4) is 0 Å². The van der Waals surface area contributed by atoms with E-state index >= 15 is 0 Å². The molecule has 3 nitrogen and oxygen atoms in total. The van der Waals surface area contributed by atoms with Crippen molar-refractivity contribution >= 4 is 5.69 Å². The minimum Gasteiger partial charge on any atom is -0.494 e. The molecule has 0 aromatic heterocycles. The largest absolute Gasteiger partial charge is 0.494 e. The summed E-state index contributed by atoms with van der Waals surface area (Å²) in [6.07, 6.45) is 2.60. The molecule has 2 N–H and O–H groups in total. The molecular formula is C14H22N2O. The molecule has 0 saturated carbocycles. The fourth-order valence-electron chi connectivity index (χ4n) is 2.47. The molecular weight excluding hydrogens is 212 g/mol. The van der Waals surface area contributed by atoms with Gasteiger partial charge in [0, 0.05) is 23.8 Å². The molecule has 1 aromatic carbocycles. The van der Waals surface area contributed by atoms with Gasteiger partial charge in [-0.05, 0) is 51.4 Å². The molecule has 3 heteroatoms. The monoisotopic (exact) mass is 234 g/mol. The van der Waals surface area contributed by atoms with Gasteiger partial charge < -0.3 is 10.5 Å². The van der Waals surface area contributed by atoms with Gasteiger partial charge in [0.25, 0.3) is 0 Å². The number of nitrogens with two attached hydrogens (primary N) is 1. The molecule has 0 bridgehead atoms. The highest BCUT2D eigenvalue weighted by Gasteiger charge is 2.21. The summed E-state index contributed by atoms with van der Waals surface area (Å²) >= 11 is 0. The summed E-state index contributed by atoms with van der Waals surface area (Å²) < 4.78 is 5.66. The highest BCUT2D eigenvalue weighted by molar-refractivity contribution is 5.47. The Hall–Kier alpha value is -1.22. The van der Waals surface area contributed by atoms with Crippen LogP contribution in [0.2, 0.25) is 0 Å². The van der Waals surface area contributed by atoms with Crippen molar-refractivity contribution in [2.75, 3.05) is 18.9 Å². The van der Waals surface area contributed by atoms with Crippen LogP contribution in [0.4, 0.5) is 5.69 Å². The molecule has 1 aliphatic rings. The van der Waals surface area contributed by atoms with Crippen LogP contribution in [0.25, 0.3) is 0 Å². The number of nitrogens with zero attached hydrogens (tertiary/aromatic N) is 1. The van der Waals surface area contributed by atoms with E-state index in [4.69, 9.17) is 10.5 Å². The number of ether oxygens (including phenoxy) is 1. The van der Waals surface area contributed by atoms with Gasteiger partial charge >= 0.3 is 0 Å². The van der Waals surface area contributed by atoms with Crippen LogP contribution in [0.5, 0.6) is 5.75 Å². The summed E-state index contributed by atoms with van der Waals surface area (Å²) in [6, 6.07) is 6.60. The molecule has 0 aliphatic carbocycles. The molecule has 2 rings (SSSR count). The van der Waals surface area contributed by atoms with Crippen molar-refractivity contribution in [2.45, 2.75) is 39.3 Å². The predicted molar refractivity (Wildman–Crippen MR) is 71.1 cm³/mol. The van der Waals surface area contributed by atoms with Crippen molar-refractivity contribution in [1.82, 2.24) is 4.90 Å². The highest BCUT2D eigenvalue weighted by atomic mass is 16.5. The van der Waals surface area contributed by atoms with E-state index in [-0.39, 0.29) is 0 Å². The average Bonchev–Trinajstić information content (AvgIpc) is 2.69. The fourth-order valence-corrected chi connectivity index (χ4v) is 2.47. The van der Waals surface area contributed by atoms with E-state index < -0.39 is 0 Å². The lowest BCUT2D eigenvalue weighted by atomic mass is 10.1. The average molecular weight is 234 g/mol. The van der Waals surface area contributed by atoms with Crippen LogP contribution in [-0.2, 0) is 6.54 Å². The molecule has 1 unspecified atom stereocenters. The summed E-state index contributed by atoms with van der Waals surface area (Å²) in [5, 5.41) is 0. The van der Waals surface area contributed by atoms with Crippen molar-refractivity contribution in [3.63, 3.8) is 0 Å². The number of anilines is 1. The van der Waals surface area contributed by atoms with Crippen molar-refractivity contribution in [2.24, 2.45) is 0 Å². The van der Waals surface area contributed by atoms with Gasteiger partial charge in [-0.2, -0.15) is 0 Å². The Morgan fingerprint density at radius 2 is 2.29 bits per heavy atom. The molecule has 1 saturated heterocycles. The van der Waals surface area contributed by atoms with Gasteiger partial charge in [0.05, 0.1) is 6.61 Å². The third kappa shape index (κ3) is 2.91. The Bertz CT molecular complexity index is 378. The number of benzene rings is 1. The smallest absolute Gasteiger partial charge is 0.123 e. The molecule has 1 aliphatic heterocycles.